The largest absolute Gasteiger partial charge is 0.350 e. The van der Waals surface area contributed by atoms with Crippen LogP contribution in [0.15, 0.2) is 151 Å². The molecule has 2 atom stereocenters. The Kier molecular flexibility index (Phi) is 5.86. The third-order valence-electron chi connectivity index (χ3n) is 8.69. The van der Waals surface area contributed by atoms with Crippen LogP contribution in [0, 0.1) is 0 Å². The van der Waals surface area contributed by atoms with Crippen molar-refractivity contribution in [2.24, 2.45) is 4.99 Å². The molecule has 0 amide bonds. The fraction of sp³-hybridized carbons (Fsp3) is 0.0513. The molecule has 0 fully saturated rings. The Labute approximate surface area is 258 Å². The minimum atomic E-state index is -0.155. The number of nitrogens with zero attached hydrogens (tertiary/aromatic N) is 2. The molecule has 0 bridgehead atoms. The van der Waals surface area contributed by atoms with Gasteiger partial charge in [-0.3, -0.25) is 5.32 Å². The number of para-hydroxylation sites is 1. The van der Waals surface area contributed by atoms with Crippen molar-refractivity contribution in [3.63, 3.8) is 0 Å². The van der Waals surface area contributed by atoms with Crippen LogP contribution in [-0.4, -0.2) is 10.4 Å². The summed E-state index contributed by atoms with van der Waals surface area (Å²) in [5.74, 6) is 0.881. The highest BCUT2D eigenvalue weighted by Crippen LogP contribution is 2.43. The highest BCUT2D eigenvalue weighted by atomic mass is 32.1. The van der Waals surface area contributed by atoms with Gasteiger partial charge in [-0.15, -0.1) is 11.3 Å². The number of benzene rings is 6. The molecular formula is C39H28N4S. The Hall–Kier alpha value is -5.23. The van der Waals surface area contributed by atoms with Crippen LogP contribution in [-0.2, 0) is 0 Å². The first-order chi connectivity index (χ1) is 21.8. The lowest BCUT2D eigenvalue weighted by molar-refractivity contribution is 0.409. The zero-order valence-electron chi connectivity index (χ0n) is 23.8. The maximum Gasteiger partial charge on any atom is 0.131 e. The standard InChI is InChI=1S/C39H28N4S/c1-3-11-25(12-4-1)37-40-38(26-13-5-2-6-14-26)42-39(41-37)27-19-21-28(22-20-27)43-31-17-9-7-15-29(31)35-32(43)23-24-34-36(35)30-16-8-10-18-33(30)44-34/h1-24,37-38,40H,(H,41,42). The lowest BCUT2D eigenvalue weighted by atomic mass is 10.1. The van der Waals surface area contributed by atoms with Crippen LogP contribution in [0.3, 0.4) is 0 Å². The summed E-state index contributed by atoms with van der Waals surface area (Å²) >= 11 is 1.87. The van der Waals surface area contributed by atoms with Gasteiger partial charge in [-0.1, -0.05) is 97.1 Å². The van der Waals surface area contributed by atoms with E-state index in [0.29, 0.717) is 0 Å². The Morgan fingerprint density at radius 2 is 1.23 bits per heavy atom. The number of hydrogen-bond donors (Lipinski definition) is 2. The van der Waals surface area contributed by atoms with Gasteiger partial charge < -0.3 is 9.88 Å². The van der Waals surface area contributed by atoms with Gasteiger partial charge in [-0.25, -0.2) is 4.99 Å². The third kappa shape index (κ3) is 4.05. The lowest BCUT2D eigenvalue weighted by Crippen LogP contribution is -2.44. The van der Waals surface area contributed by atoms with Crippen molar-refractivity contribution >= 4 is 59.2 Å². The second-order valence-electron chi connectivity index (χ2n) is 11.3. The minimum Gasteiger partial charge on any atom is -0.350 e. The first-order valence-electron chi connectivity index (χ1n) is 15.0. The summed E-state index contributed by atoms with van der Waals surface area (Å²) in [4.78, 5) is 5.14. The topological polar surface area (TPSA) is 41.4 Å². The zero-order chi connectivity index (χ0) is 29.0. The summed E-state index contributed by atoms with van der Waals surface area (Å²) in [5, 5.41) is 12.6. The van der Waals surface area contributed by atoms with Crippen LogP contribution >= 0.6 is 11.3 Å². The van der Waals surface area contributed by atoms with Crippen molar-refractivity contribution in [2.45, 2.75) is 12.3 Å². The predicted molar refractivity (Wildman–Crippen MR) is 185 cm³/mol. The van der Waals surface area contributed by atoms with Crippen LogP contribution < -0.4 is 10.6 Å². The Balaban J connectivity index is 1.17. The molecule has 5 heteroatoms. The molecule has 2 aromatic heterocycles. The molecule has 0 radical (unpaired) electrons. The van der Waals surface area contributed by atoms with E-state index < -0.39 is 0 Å². The molecule has 2 N–H and O–H groups in total. The maximum atomic E-state index is 5.14. The molecule has 1 aliphatic rings. The number of aliphatic imine (C=N–C) groups is 1. The van der Waals surface area contributed by atoms with E-state index in [4.69, 9.17) is 4.99 Å². The van der Waals surface area contributed by atoms with Gasteiger partial charge in [-0.05, 0) is 59.7 Å². The molecule has 0 spiro atoms. The zero-order valence-corrected chi connectivity index (χ0v) is 24.6. The number of aromatic nitrogens is 1. The number of amidine groups is 1. The number of thiophene rings is 1. The Morgan fingerprint density at radius 3 is 2.02 bits per heavy atom. The van der Waals surface area contributed by atoms with Crippen molar-refractivity contribution in [1.29, 1.82) is 0 Å². The second-order valence-corrected chi connectivity index (χ2v) is 12.4. The first kappa shape index (κ1) is 25.3. The fourth-order valence-corrected chi connectivity index (χ4v) is 7.76. The molecule has 8 aromatic rings. The van der Waals surface area contributed by atoms with Gasteiger partial charge in [0.25, 0.3) is 0 Å². The summed E-state index contributed by atoms with van der Waals surface area (Å²) in [6.45, 7) is 0. The SMILES string of the molecule is c1ccc(C2N=C(c3ccc(-n4c5ccccc5c5c6c(ccc54)sc4ccccc46)cc3)NC(c3ccccc3)N2)cc1. The Bertz CT molecular complexity index is 2330. The van der Waals surface area contributed by atoms with Crippen molar-refractivity contribution in [3.05, 3.63) is 162 Å². The first-order valence-corrected chi connectivity index (χ1v) is 15.8. The van der Waals surface area contributed by atoms with Crippen molar-refractivity contribution < 1.29 is 0 Å². The molecule has 0 aliphatic carbocycles. The van der Waals surface area contributed by atoms with E-state index >= 15 is 0 Å². The van der Waals surface area contributed by atoms with E-state index in [1.807, 2.05) is 17.4 Å². The van der Waals surface area contributed by atoms with Crippen LogP contribution in [0.4, 0.5) is 0 Å². The molecule has 9 rings (SSSR count). The highest BCUT2D eigenvalue weighted by molar-refractivity contribution is 7.26. The van der Waals surface area contributed by atoms with E-state index in [1.165, 1.54) is 47.5 Å². The smallest absolute Gasteiger partial charge is 0.131 e. The molecule has 4 nitrogen and oxygen atoms in total. The molecule has 44 heavy (non-hydrogen) atoms. The quantitative estimate of drug-likeness (QED) is 0.216. The fourth-order valence-electron chi connectivity index (χ4n) is 6.65. The number of rotatable bonds is 4. The average molecular weight is 585 g/mol. The average Bonchev–Trinajstić information content (AvgIpc) is 3.64. The van der Waals surface area contributed by atoms with Crippen molar-refractivity contribution in [1.82, 2.24) is 15.2 Å². The lowest BCUT2D eigenvalue weighted by Gasteiger charge is -2.32. The van der Waals surface area contributed by atoms with Gasteiger partial charge in [0.05, 0.1) is 11.0 Å². The molecule has 1 aliphatic heterocycles. The van der Waals surface area contributed by atoms with Gasteiger partial charge in [0, 0.05) is 42.2 Å². The number of hydrogen-bond acceptors (Lipinski definition) is 4. The van der Waals surface area contributed by atoms with Crippen molar-refractivity contribution in [2.75, 3.05) is 0 Å². The predicted octanol–water partition coefficient (Wildman–Crippen LogP) is 9.49. The van der Waals surface area contributed by atoms with E-state index in [0.717, 1.165) is 22.6 Å². The van der Waals surface area contributed by atoms with E-state index in [1.54, 1.807) is 0 Å². The van der Waals surface area contributed by atoms with E-state index in [9.17, 15) is 0 Å². The van der Waals surface area contributed by atoms with Crippen molar-refractivity contribution in [3.8, 4) is 5.69 Å². The van der Waals surface area contributed by atoms with Gasteiger partial charge in [0.1, 0.15) is 18.2 Å². The maximum absolute atomic E-state index is 5.14. The second kappa shape index (κ2) is 10.2. The summed E-state index contributed by atoms with van der Waals surface area (Å²) in [7, 11) is 0. The highest BCUT2D eigenvalue weighted by Gasteiger charge is 2.25. The molecule has 0 saturated carbocycles. The van der Waals surface area contributed by atoms with Crippen LogP contribution in [0.1, 0.15) is 29.0 Å². The molecule has 0 saturated heterocycles. The van der Waals surface area contributed by atoms with Crippen LogP contribution in [0.5, 0.6) is 0 Å². The molecule has 210 valence electrons. The number of nitrogens with one attached hydrogen (secondary N) is 2. The van der Waals surface area contributed by atoms with E-state index in [2.05, 4.69) is 155 Å². The van der Waals surface area contributed by atoms with Gasteiger partial charge in [0.15, 0.2) is 0 Å². The summed E-state index contributed by atoms with van der Waals surface area (Å²) in [6.07, 6.45) is -0.216. The number of fused-ring (bicyclic) bond motifs is 7. The Morgan fingerprint density at radius 1 is 0.545 bits per heavy atom. The molecule has 6 aromatic carbocycles. The van der Waals surface area contributed by atoms with Gasteiger partial charge in [-0.2, -0.15) is 0 Å². The third-order valence-corrected chi connectivity index (χ3v) is 9.82. The van der Waals surface area contributed by atoms with Gasteiger partial charge in [0.2, 0.25) is 0 Å². The molecule has 2 unspecified atom stereocenters. The van der Waals surface area contributed by atoms with Crippen LogP contribution in [0.2, 0.25) is 0 Å². The summed E-state index contributed by atoms with van der Waals surface area (Å²) in [5.41, 5.74) is 6.94. The molecule has 3 heterocycles. The monoisotopic (exact) mass is 584 g/mol. The van der Waals surface area contributed by atoms with Crippen LogP contribution in [0.25, 0.3) is 47.7 Å². The summed E-state index contributed by atoms with van der Waals surface area (Å²) < 4.78 is 5.05. The molecular weight excluding hydrogens is 557 g/mol. The normalized spacial score (nSPS) is 16.9. The van der Waals surface area contributed by atoms with Gasteiger partial charge >= 0.3 is 0 Å². The summed E-state index contributed by atoms with van der Waals surface area (Å²) in [6, 6.07) is 51.9. The minimum absolute atomic E-state index is 0.0613. The van der Waals surface area contributed by atoms with E-state index in [-0.39, 0.29) is 12.3 Å².